The largest absolute Gasteiger partial charge is 0.493 e. The molecule has 0 aliphatic rings. The molecule has 0 saturated carbocycles. The van der Waals surface area contributed by atoms with Crippen molar-refractivity contribution in [3.8, 4) is 5.75 Å². The molecule has 7 heteroatoms. The standard InChI is InChI=1S/C23H29N3O4/c1-4-30-20-9-6-5-8-19(20)23(29)24-15-7-10-22(28)26(3)16-21(27)25-18-13-11-17(2)12-14-18/h5-6,8-9,11-14H,4,7,10,15-16H2,1-3H3,(H,24,29)(H,25,27). The highest BCUT2D eigenvalue weighted by molar-refractivity contribution is 5.97. The zero-order chi connectivity index (χ0) is 21.9. The van der Waals surface area contributed by atoms with E-state index >= 15 is 0 Å². The molecule has 0 aliphatic heterocycles. The lowest BCUT2D eigenvalue weighted by molar-refractivity contribution is -0.133. The minimum absolute atomic E-state index is 0.0270. The van der Waals surface area contributed by atoms with Crippen molar-refractivity contribution in [1.82, 2.24) is 10.2 Å². The number of carbonyl (C=O) groups excluding carboxylic acids is 3. The van der Waals surface area contributed by atoms with Crippen LogP contribution < -0.4 is 15.4 Å². The average molecular weight is 412 g/mol. The predicted molar refractivity (Wildman–Crippen MR) is 117 cm³/mol. The minimum Gasteiger partial charge on any atom is -0.493 e. The summed E-state index contributed by atoms with van der Waals surface area (Å²) in [6.45, 7) is 4.63. The number of para-hydroxylation sites is 1. The number of hydrogen-bond donors (Lipinski definition) is 2. The molecule has 160 valence electrons. The van der Waals surface area contributed by atoms with Crippen LogP contribution in [0.2, 0.25) is 0 Å². The van der Waals surface area contributed by atoms with Crippen LogP contribution in [0.1, 0.15) is 35.7 Å². The highest BCUT2D eigenvalue weighted by Crippen LogP contribution is 2.17. The average Bonchev–Trinajstić information content (AvgIpc) is 2.73. The number of ether oxygens (including phenoxy) is 1. The summed E-state index contributed by atoms with van der Waals surface area (Å²) in [5.41, 5.74) is 2.27. The molecule has 2 aromatic carbocycles. The zero-order valence-corrected chi connectivity index (χ0v) is 17.7. The van der Waals surface area contributed by atoms with Crippen molar-refractivity contribution in [1.29, 1.82) is 0 Å². The number of rotatable bonds is 10. The Bertz CT molecular complexity index is 865. The second-order valence-corrected chi connectivity index (χ2v) is 6.95. The number of carbonyl (C=O) groups is 3. The Morgan fingerprint density at radius 1 is 1.03 bits per heavy atom. The first-order chi connectivity index (χ1) is 14.4. The lowest BCUT2D eigenvalue weighted by Gasteiger charge is -2.17. The Kier molecular flexibility index (Phi) is 8.87. The number of nitrogens with one attached hydrogen (secondary N) is 2. The Balaban J connectivity index is 1.71. The van der Waals surface area contributed by atoms with E-state index in [1.165, 1.54) is 4.90 Å². The van der Waals surface area contributed by atoms with Crippen LogP contribution in [-0.4, -0.2) is 49.4 Å². The van der Waals surface area contributed by atoms with Crippen molar-refractivity contribution in [2.45, 2.75) is 26.7 Å². The Hall–Kier alpha value is -3.35. The van der Waals surface area contributed by atoms with Crippen molar-refractivity contribution < 1.29 is 19.1 Å². The molecule has 2 N–H and O–H groups in total. The van der Waals surface area contributed by atoms with E-state index in [-0.39, 0.29) is 30.7 Å². The molecule has 0 heterocycles. The maximum Gasteiger partial charge on any atom is 0.255 e. The summed E-state index contributed by atoms with van der Waals surface area (Å²) in [5, 5.41) is 5.57. The first-order valence-electron chi connectivity index (χ1n) is 10.0. The number of likely N-dealkylation sites (N-methyl/N-ethyl adjacent to an activating group) is 1. The van der Waals surface area contributed by atoms with Gasteiger partial charge in [-0.1, -0.05) is 29.8 Å². The maximum absolute atomic E-state index is 12.3. The van der Waals surface area contributed by atoms with Crippen LogP contribution >= 0.6 is 0 Å². The lowest BCUT2D eigenvalue weighted by atomic mass is 10.2. The van der Waals surface area contributed by atoms with E-state index in [9.17, 15) is 14.4 Å². The molecule has 0 aromatic heterocycles. The van der Waals surface area contributed by atoms with Gasteiger partial charge in [0.25, 0.3) is 5.91 Å². The quantitative estimate of drug-likeness (QED) is 0.589. The number of amides is 3. The van der Waals surface area contributed by atoms with E-state index in [0.717, 1.165) is 5.56 Å². The molecule has 0 bridgehead atoms. The van der Waals surface area contributed by atoms with E-state index in [0.29, 0.717) is 36.6 Å². The van der Waals surface area contributed by atoms with Gasteiger partial charge in [0.1, 0.15) is 5.75 Å². The van der Waals surface area contributed by atoms with Crippen LogP contribution in [0, 0.1) is 6.92 Å². The third-order valence-electron chi connectivity index (χ3n) is 4.43. The zero-order valence-electron chi connectivity index (χ0n) is 17.7. The normalized spacial score (nSPS) is 10.2. The number of nitrogens with zero attached hydrogens (tertiary/aromatic N) is 1. The lowest BCUT2D eigenvalue weighted by Crippen LogP contribution is -2.35. The summed E-state index contributed by atoms with van der Waals surface area (Å²) < 4.78 is 5.46. The van der Waals surface area contributed by atoms with Gasteiger partial charge in [0.2, 0.25) is 11.8 Å². The summed E-state index contributed by atoms with van der Waals surface area (Å²) in [6, 6.07) is 14.5. The SMILES string of the molecule is CCOc1ccccc1C(=O)NCCCC(=O)N(C)CC(=O)Nc1ccc(C)cc1. The molecule has 30 heavy (non-hydrogen) atoms. The maximum atomic E-state index is 12.3. The van der Waals surface area contributed by atoms with Gasteiger partial charge in [-0.2, -0.15) is 0 Å². The van der Waals surface area contributed by atoms with Crippen LogP contribution in [-0.2, 0) is 9.59 Å². The molecule has 7 nitrogen and oxygen atoms in total. The molecule has 0 saturated heterocycles. The van der Waals surface area contributed by atoms with Crippen molar-refractivity contribution >= 4 is 23.4 Å². The van der Waals surface area contributed by atoms with Crippen molar-refractivity contribution in [3.05, 3.63) is 59.7 Å². The monoisotopic (exact) mass is 411 g/mol. The van der Waals surface area contributed by atoms with Crippen molar-refractivity contribution in [3.63, 3.8) is 0 Å². The smallest absolute Gasteiger partial charge is 0.255 e. The Morgan fingerprint density at radius 3 is 2.43 bits per heavy atom. The highest BCUT2D eigenvalue weighted by atomic mass is 16.5. The molecule has 0 radical (unpaired) electrons. The first-order valence-corrected chi connectivity index (χ1v) is 10.0. The minimum atomic E-state index is -0.254. The van der Waals surface area contributed by atoms with Gasteiger partial charge < -0.3 is 20.3 Å². The fourth-order valence-electron chi connectivity index (χ4n) is 2.80. The second-order valence-electron chi connectivity index (χ2n) is 6.95. The molecular formula is C23H29N3O4. The summed E-state index contributed by atoms with van der Waals surface area (Å²) in [4.78, 5) is 38.0. The van der Waals surface area contributed by atoms with Crippen molar-refractivity contribution in [2.24, 2.45) is 0 Å². The Morgan fingerprint density at radius 2 is 1.73 bits per heavy atom. The molecule has 0 fully saturated rings. The first kappa shape index (κ1) is 22.9. The van der Waals surface area contributed by atoms with Gasteiger partial charge in [0.05, 0.1) is 18.7 Å². The fourth-order valence-corrected chi connectivity index (χ4v) is 2.80. The van der Waals surface area contributed by atoms with Gasteiger partial charge in [0, 0.05) is 25.7 Å². The topological polar surface area (TPSA) is 87.7 Å². The van der Waals surface area contributed by atoms with Crippen LogP contribution in [0.25, 0.3) is 0 Å². The molecule has 0 atom stereocenters. The van der Waals surface area contributed by atoms with Gasteiger partial charge in [-0.15, -0.1) is 0 Å². The molecule has 0 aliphatic carbocycles. The summed E-state index contributed by atoms with van der Waals surface area (Å²) in [5.74, 6) is -0.112. The second kappa shape index (κ2) is 11.6. The van der Waals surface area contributed by atoms with E-state index in [1.54, 1.807) is 25.2 Å². The van der Waals surface area contributed by atoms with E-state index in [2.05, 4.69) is 10.6 Å². The van der Waals surface area contributed by atoms with E-state index in [1.807, 2.05) is 44.2 Å². The predicted octanol–water partition coefficient (Wildman–Crippen LogP) is 3.00. The van der Waals surface area contributed by atoms with Gasteiger partial charge in [-0.25, -0.2) is 0 Å². The summed E-state index contributed by atoms with van der Waals surface area (Å²) >= 11 is 0. The number of hydrogen-bond acceptors (Lipinski definition) is 4. The Labute approximate surface area is 177 Å². The van der Waals surface area contributed by atoms with Gasteiger partial charge in [-0.05, 0) is 44.5 Å². The fraction of sp³-hybridized carbons (Fsp3) is 0.348. The van der Waals surface area contributed by atoms with E-state index < -0.39 is 0 Å². The molecular weight excluding hydrogens is 382 g/mol. The number of anilines is 1. The van der Waals surface area contributed by atoms with Crippen LogP contribution in [0.4, 0.5) is 5.69 Å². The van der Waals surface area contributed by atoms with Gasteiger partial charge in [-0.3, -0.25) is 14.4 Å². The number of aryl methyl sites for hydroxylation is 1. The van der Waals surface area contributed by atoms with Crippen LogP contribution in [0.3, 0.4) is 0 Å². The molecule has 2 rings (SSSR count). The van der Waals surface area contributed by atoms with Gasteiger partial charge in [0.15, 0.2) is 0 Å². The molecule has 0 unspecified atom stereocenters. The number of benzene rings is 2. The summed E-state index contributed by atoms with van der Waals surface area (Å²) in [7, 11) is 1.59. The summed E-state index contributed by atoms with van der Waals surface area (Å²) in [6.07, 6.45) is 0.715. The molecule has 3 amide bonds. The third kappa shape index (κ3) is 7.24. The van der Waals surface area contributed by atoms with Crippen LogP contribution in [0.15, 0.2) is 48.5 Å². The molecule has 0 spiro atoms. The van der Waals surface area contributed by atoms with E-state index in [4.69, 9.17) is 4.74 Å². The molecule has 2 aromatic rings. The highest BCUT2D eigenvalue weighted by Gasteiger charge is 2.14. The van der Waals surface area contributed by atoms with Crippen LogP contribution in [0.5, 0.6) is 5.75 Å². The van der Waals surface area contributed by atoms with Gasteiger partial charge >= 0.3 is 0 Å². The van der Waals surface area contributed by atoms with Crippen molar-refractivity contribution in [2.75, 3.05) is 32.1 Å². The third-order valence-corrected chi connectivity index (χ3v) is 4.43.